The summed E-state index contributed by atoms with van der Waals surface area (Å²) in [7, 11) is 2.00. The lowest BCUT2D eigenvalue weighted by atomic mass is 9.98. The minimum Gasteiger partial charge on any atom is -0.493 e. The Bertz CT molecular complexity index is 613. The molecular weight excluding hydrogens is 437 g/mol. The van der Waals surface area contributed by atoms with Crippen LogP contribution in [0.4, 0.5) is 0 Å². The second-order valence-corrected chi connectivity index (χ2v) is 8.21. The fourth-order valence-electron chi connectivity index (χ4n) is 2.49. The van der Waals surface area contributed by atoms with Crippen LogP contribution in [0.1, 0.15) is 22.7 Å². The topological polar surface area (TPSA) is 21.3 Å². The lowest BCUT2D eigenvalue weighted by molar-refractivity contribution is 0.351. The van der Waals surface area contributed by atoms with Crippen molar-refractivity contribution in [3.8, 4) is 5.75 Å². The number of fused-ring (bicyclic) bond motifs is 1. The van der Waals surface area contributed by atoms with E-state index in [1.54, 1.807) is 11.3 Å². The SMILES string of the molecule is CNC(c1csc(I)c1)c1cc(Br)cc2c1OCC2. The average molecular weight is 450 g/mol. The van der Waals surface area contributed by atoms with E-state index in [4.69, 9.17) is 4.74 Å². The molecule has 0 spiro atoms. The third kappa shape index (κ3) is 2.70. The lowest BCUT2D eigenvalue weighted by Gasteiger charge is -2.19. The Labute approximate surface area is 138 Å². The molecule has 0 radical (unpaired) electrons. The predicted molar refractivity (Wildman–Crippen MR) is 91.3 cm³/mol. The van der Waals surface area contributed by atoms with Gasteiger partial charge >= 0.3 is 0 Å². The van der Waals surface area contributed by atoms with E-state index < -0.39 is 0 Å². The van der Waals surface area contributed by atoms with E-state index in [0.29, 0.717) is 0 Å². The summed E-state index contributed by atoms with van der Waals surface area (Å²) >= 11 is 7.75. The maximum Gasteiger partial charge on any atom is 0.127 e. The van der Waals surface area contributed by atoms with Gasteiger partial charge in [-0.3, -0.25) is 0 Å². The molecule has 19 heavy (non-hydrogen) atoms. The molecule has 0 aliphatic carbocycles. The molecule has 5 heteroatoms. The summed E-state index contributed by atoms with van der Waals surface area (Å²) in [5, 5.41) is 5.62. The van der Waals surface area contributed by atoms with Gasteiger partial charge in [0.05, 0.1) is 15.5 Å². The van der Waals surface area contributed by atoms with Gasteiger partial charge in [0.25, 0.3) is 0 Å². The molecule has 1 aliphatic heterocycles. The van der Waals surface area contributed by atoms with Crippen molar-refractivity contribution in [2.24, 2.45) is 0 Å². The maximum absolute atomic E-state index is 5.84. The molecule has 3 rings (SSSR count). The zero-order valence-electron chi connectivity index (χ0n) is 10.4. The van der Waals surface area contributed by atoms with Crippen molar-refractivity contribution >= 4 is 49.9 Å². The first-order valence-electron chi connectivity index (χ1n) is 6.05. The quantitative estimate of drug-likeness (QED) is 0.703. The Morgan fingerprint density at radius 3 is 2.95 bits per heavy atom. The zero-order valence-corrected chi connectivity index (χ0v) is 14.9. The zero-order chi connectivity index (χ0) is 13.4. The van der Waals surface area contributed by atoms with Gasteiger partial charge in [-0.05, 0) is 64.3 Å². The van der Waals surface area contributed by atoms with Crippen LogP contribution in [-0.2, 0) is 6.42 Å². The van der Waals surface area contributed by atoms with Crippen molar-refractivity contribution in [1.29, 1.82) is 0 Å². The molecule has 0 fully saturated rings. The molecule has 0 amide bonds. The summed E-state index contributed by atoms with van der Waals surface area (Å²) in [6, 6.07) is 6.74. The van der Waals surface area contributed by atoms with E-state index in [-0.39, 0.29) is 6.04 Å². The van der Waals surface area contributed by atoms with Crippen molar-refractivity contribution in [1.82, 2.24) is 5.32 Å². The van der Waals surface area contributed by atoms with Gasteiger partial charge in [0.2, 0.25) is 0 Å². The maximum atomic E-state index is 5.84. The molecular formula is C14H13BrINOS. The fraction of sp³-hybridized carbons (Fsp3) is 0.286. The van der Waals surface area contributed by atoms with Gasteiger partial charge in [-0.15, -0.1) is 11.3 Å². The summed E-state index contributed by atoms with van der Waals surface area (Å²) in [6.07, 6.45) is 0.999. The summed E-state index contributed by atoms with van der Waals surface area (Å²) in [5.41, 5.74) is 3.82. The predicted octanol–water partition coefficient (Wildman–Crippen LogP) is 4.36. The molecule has 100 valence electrons. The van der Waals surface area contributed by atoms with Crippen LogP contribution in [0.25, 0.3) is 0 Å². The van der Waals surface area contributed by atoms with Crippen LogP contribution < -0.4 is 10.1 Å². The molecule has 1 aromatic heterocycles. The number of rotatable bonds is 3. The minimum atomic E-state index is 0.184. The fourth-order valence-corrected chi connectivity index (χ4v) is 4.41. The van der Waals surface area contributed by atoms with Gasteiger partial charge in [0, 0.05) is 16.5 Å². The Kier molecular flexibility index (Phi) is 4.17. The first-order chi connectivity index (χ1) is 9.19. The van der Waals surface area contributed by atoms with Gasteiger partial charge in [-0.1, -0.05) is 15.9 Å². The van der Waals surface area contributed by atoms with Gasteiger partial charge < -0.3 is 10.1 Å². The number of nitrogens with one attached hydrogen (secondary N) is 1. The summed E-state index contributed by atoms with van der Waals surface area (Å²) in [6.45, 7) is 0.788. The highest BCUT2D eigenvalue weighted by molar-refractivity contribution is 14.1. The average Bonchev–Trinajstić information content (AvgIpc) is 2.99. The van der Waals surface area contributed by atoms with Crippen LogP contribution in [0.3, 0.4) is 0 Å². The number of hydrogen-bond donors (Lipinski definition) is 1. The van der Waals surface area contributed by atoms with E-state index in [2.05, 4.69) is 67.4 Å². The largest absolute Gasteiger partial charge is 0.493 e. The molecule has 2 aromatic rings. The van der Waals surface area contributed by atoms with Crippen LogP contribution in [0.2, 0.25) is 0 Å². The van der Waals surface area contributed by atoms with E-state index in [1.165, 1.54) is 19.6 Å². The van der Waals surface area contributed by atoms with Gasteiger partial charge in [-0.2, -0.15) is 0 Å². The van der Waals surface area contributed by atoms with Crippen molar-refractivity contribution in [2.45, 2.75) is 12.5 Å². The minimum absolute atomic E-state index is 0.184. The van der Waals surface area contributed by atoms with E-state index in [1.807, 2.05) is 7.05 Å². The van der Waals surface area contributed by atoms with Crippen molar-refractivity contribution in [3.05, 3.63) is 47.6 Å². The normalized spacial score (nSPS) is 15.1. The van der Waals surface area contributed by atoms with E-state index >= 15 is 0 Å². The van der Waals surface area contributed by atoms with Gasteiger partial charge in [-0.25, -0.2) is 0 Å². The van der Waals surface area contributed by atoms with Gasteiger partial charge in [0.1, 0.15) is 5.75 Å². The first kappa shape index (κ1) is 13.9. The monoisotopic (exact) mass is 449 g/mol. The highest BCUT2D eigenvalue weighted by Gasteiger charge is 2.24. The number of ether oxygens (including phenoxy) is 1. The lowest BCUT2D eigenvalue weighted by Crippen LogP contribution is -2.17. The number of benzene rings is 1. The number of hydrogen-bond acceptors (Lipinski definition) is 3. The summed E-state index contributed by atoms with van der Waals surface area (Å²) in [5.74, 6) is 1.06. The summed E-state index contributed by atoms with van der Waals surface area (Å²) < 4.78 is 8.26. The molecule has 1 N–H and O–H groups in total. The number of halogens is 2. The summed E-state index contributed by atoms with van der Waals surface area (Å²) in [4.78, 5) is 0. The van der Waals surface area contributed by atoms with E-state index in [0.717, 1.165) is 23.2 Å². The first-order valence-corrected chi connectivity index (χ1v) is 8.80. The molecule has 1 atom stereocenters. The van der Waals surface area contributed by atoms with Crippen LogP contribution in [-0.4, -0.2) is 13.7 Å². The Balaban J connectivity index is 2.09. The van der Waals surface area contributed by atoms with Gasteiger partial charge in [0.15, 0.2) is 0 Å². The molecule has 2 nitrogen and oxygen atoms in total. The molecule has 1 aliphatic rings. The molecule has 2 heterocycles. The Hall–Kier alpha value is -0.110. The smallest absolute Gasteiger partial charge is 0.127 e. The highest BCUT2D eigenvalue weighted by atomic mass is 127. The molecule has 0 saturated heterocycles. The Morgan fingerprint density at radius 2 is 2.26 bits per heavy atom. The highest BCUT2D eigenvalue weighted by Crippen LogP contribution is 2.39. The van der Waals surface area contributed by atoms with Crippen LogP contribution >= 0.6 is 49.9 Å². The van der Waals surface area contributed by atoms with Crippen LogP contribution in [0, 0.1) is 2.88 Å². The molecule has 0 bridgehead atoms. The Morgan fingerprint density at radius 1 is 1.42 bits per heavy atom. The van der Waals surface area contributed by atoms with Crippen LogP contribution in [0.5, 0.6) is 5.75 Å². The standard InChI is InChI=1S/C14H13BrINOS/c1-17-13(9-5-12(16)19-7-9)11-6-10(15)4-8-2-3-18-14(8)11/h4-7,13,17H,2-3H2,1H3. The number of thiophene rings is 1. The van der Waals surface area contributed by atoms with E-state index in [9.17, 15) is 0 Å². The van der Waals surface area contributed by atoms with Crippen molar-refractivity contribution in [2.75, 3.05) is 13.7 Å². The van der Waals surface area contributed by atoms with Crippen molar-refractivity contribution < 1.29 is 4.74 Å². The molecule has 0 saturated carbocycles. The third-order valence-corrected chi connectivity index (χ3v) is 5.56. The van der Waals surface area contributed by atoms with Crippen molar-refractivity contribution in [3.63, 3.8) is 0 Å². The molecule has 1 unspecified atom stereocenters. The second-order valence-electron chi connectivity index (χ2n) is 4.49. The van der Waals surface area contributed by atoms with Crippen LogP contribution in [0.15, 0.2) is 28.1 Å². The molecule has 1 aromatic carbocycles. The third-order valence-electron chi connectivity index (χ3n) is 3.30. The second kappa shape index (κ2) is 5.71.